The number of hydrogen-bond acceptors (Lipinski definition) is 6. The van der Waals surface area contributed by atoms with E-state index in [1.54, 1.807) is 6.07 Å². The molecule has 0 saturated carbocycles. The van der Waals surface area contributed by atoms with Gasteiger partial charge in [0.25, 0.3) is 5.71 Å². The molecule has 0 radical (unpaired) electrons. The summed E-state index contributed by atoms with van der Waals surface area (Å²) in [6.45, 7) is 2.73. The molecule has 2 N–H and O–H groups in total. The van der Waals surface area contributed by atoms with Gasteiger partial charge in [-0.2, -0.15) is 4.31 Å². The molecule has 2 aromatic rings. The third-order valence-electron chi connectivity index (χ3n) is 3.54. The minimum absolute atomic E-state index is 0. The highest BCUT2D eigenvalue weighted by molar-refractivity contribution is 7.89. The van der Waals surface area contributed by atoms with Crippen LogP contribution in [-0.2, 0) is 16.4 Å². The number of halogens is 1. The lowest BCUT2D eigenvalue weighted by atomic mass is 10.2. The number of nitrogens with zero attached hydrogens (tertiary/aromatic N) is 3. The number of aryl methyl sites for hydroxylation is 1. The van der Waals surface area contributed by atoms with Crippen LogP contribution in [0.15, 0.2) is 21.7 Å². The van der Waals surface area contributed by atoms with Crippen molar-refractivity contribution >= 4 is 33.5 Å². The predicted molar refractivity (Wildman–Crippen MR) is 79.8 cm³/mol. The Morgan fingerprint density at radius 1 is 1.52 bits per heavy atom. The quantitative estimate of drug-likeness (QED) is 0.897. The van der Waals surface area contributed by atoms with Gasteiger partial charge in [0.05, 0.1) is 17.3 Å². The molecular weight excluding hydrogens is 316 g/mol. The van der Waals surface area contributed by atoms with Crippen LogP contribution in [0.3, 0.4) is 0 Å². The van der Waals surface area contributed by atoms with Crippen LogP contribution in [0.4, 0.5) is 0 Å². The molecule has 0 amide bonds. The number of sulfonamides is 1. The van der Waals surface area contributed by atoms with E-state index in [0.717, 1.165) is 0 Å². The molecular formula is C12H17ClN4O3S. The largest absolute Gasteiger partial charge is 0.336 e. The lowest BCUT2D eigenvalue weighted by Crippen LogP contribution is -2.32. The second-order valence-corrected chi connectivity index (χ2v) is 6.86. The summed E-state index contributed by atoms with van der Waals surface area (Å²) in [4.78, 5) is 4.20. The van der Waals surface area contributed by atoms with E-state index in [1.807, 2.05) is 6.92 Å². The van der Waals surface area contributed by atoms with E-state index < -0.39 is 10.0 Å². The van der Waals surface area contributed by atoms with Gasteiger partial charge in [-0.25, -0.2) is 13.4 Å². The van der Waals surface area contributed by atoms with E-state index in [9.17, 15) is 8.42 Å². The SMILES string of the molecule is CCc1noc2ncc(S(=O)(=O)N3CC[C@H](N)C3)cc12.Cl. The minimum Gasteiger partial charge on any atom is -0.336 e. The Hall–Kier alpha value is -1.22. The van der Waals surface area contributed by atoms with Crippen molar-refractivity contribution in [1.82, 2.24) is 14.4 Å². The van der Waals surface area contributed by atoms with Gasteiger partial charge in [0.2, 0.25) is 10.0 Å². The zero-order valence-electron chi connectivity index (χ0n) is 11.5. The Labute approximate surface area is 128 Å². The molecule has 0 aromatic carbocycles. The molecule has 1 aliphatic heterocycles. The van der Waals surface area contributed by atoms with Crippen molar-refractivity contribution < 1.29 is 12.9 Å². The highest BCUT2D eigenvalue weighted by Gasteiger charge is 2.31. The summed E-state index contributed by atoms with van der Waals surface area (Å²) < 4.78 is 31.5. The van der Waals surface area contributed by atoms with Crippen LogP contribution in [0.25, 0.3) is 11.1 Å². The normalized spacial score (nSPS) is 19.8. The van der Waals surface area contributed by atoms with Crippen LogP contribution < -0.4 is 5.73 Å². The van der Waals surface area contributed by atoms with Crippen LogP contribution in [0.2, 0.25) is 0 Å². The lowest BCUT2D eigenvalue weighted by molar-refractivity contribution is 0.439. The molecule has 7 nitrogen and oxygen atoms in total. The van der Waals surface area contributed by atoms with Crippen molar-refractivity contribution in [2.24, 2.45) is 5.73 Å². The van der Waals surface area contributed by atoms with Crippen LogP contribution in [0.1, 0.15) is 19.0 Å². The first-order valence-electron chi connectivity index (χ1n) is 6.52. The van der Waals surface area contributed by atoms with Crippen molar-refractivity contribution in [3.05, 3.63) is 18.0 Å². The number of hydrogen-bond donors (Lipinski definition) is 1. The summed E-state index contributed by atoms with van der Waals surface area (Å²) in [5.41, 5.74) is 6.84. The first kappa shape index (κ1) is 16.2. The van der Waals surface area contributed by atoms with Crippen LogP contribution in [0, 0.1) is 0 Å². The maximum Gasteiger partial charge on any atom is 0.258 e. The van der Waals surface area contributed by atoms with Gasteiger partial charge in [-0.1, -0.05) is 12.1 Å². The summed E-state index contributed by atoms with van der Waals surface area (Å²) in [6.07, 6.45) is 2.65. The Balaban J connectivity index is 0.00000161. The molecule has 9 heteroatoms. The topological polar surface area (TPSA) is 102 Å². The fourth-order valence-corrected chi connectivity index (χ4v) is 3.86. The molecule has 3 rings (SSSR count). The molecule has 21 heavy (non-hydrogen) atoms. The van der Waals surface area contributed by atoms with E-state index in [2.05, 4.69) is 10.1 Å². The average Bonchev–Trinajstić information content (AvgIpc) is 3.04. The van der Waals surface area contributed by atoms with Crippen molar-refractivity contribution in [2.75, 3.05) is 13.1 Å². The Kier molecular flexibility index (Phi) is 4.52. The van der Waals surface area contributed by atoms with E-state index >= 15 is 0 Å². The van der Waals surface area contributed by atoms with E-state index in [0.29, 0.717) is 42.7 Å². The number of fused-ring (bicyclic) bond motifs is 1. The van der Waals surface area contributed by atoms with Crippen LogP contribution in [0.5, 0.6) is 0 Å². The zero-order chi connectivity index (χ0) is 14.3. The number of pyridine rings is 1. The maximum atomic E-state index is 12.5. The standard InChI is InChI=1S/C12H16N4O3S.ClH/c1-2-11-10-5-9(6-14-12(10)19-15-11)20(17,18)16-4-3-8(13)7-16;/h5-6,8H,2-4,7,13H2,1H3;1H/t8-;/m0./s1. The highest BCUT2D eigenvalue weighted by Crippen LogP contribution is 2.24. The summed E-state index contributed by atoms with van der Waals surface area (Å²) >= 11 is 0. The number of aromatic nitrogens is 2. The molecule has 2 aromatic heterocycles. The van der Waals surface area contributed by atoms with E-state index in [4.69, 9.17) is 10.3 Å². The Morgan fingerprint density at radius 3 is 2.90 bits per heavy atom. The van der Waals surface area contributed by atoms with Crippen molar-refractivity contribution in [3.8, 4) is 0 Å². The summed E-state index contributed by atoms with van der Waals surface area (Å²) in [7, 11) is -3.54. The Morgan fingerprint density at radius 2 is 2.29 bits per heavy atom. The van der Waals surface area contributed by atoms with Gasteiger partial charge in [0.15, 0.2) is 0 Å². The van der Waals surface area contributed by atoms with E-state index in [-0.39, 0.29) is 23.3 Å². The van der Waals surface area contributed by atoms with Gasteiger partial charge in [-0.05, 0) is 18.9 Å². The van der Waals surface area contributed by atoms with Crippen molar-refractivity contribution in [1.29, 1.82) is 0 Å². The van der Waals surface area contributed by atoms with Crippen molar-refractivity contribution in [3.63, 3.8) is 0 Å². The summed E-state index contributed by atoms with van der Waals surface area (Å²) in [5.74, 6) is 0. The van der Waals surface area contributed by atoms with Gasteiger partial charge >= 0.3 is 0 Å². The van der Waals surface area contributed by atoms with Gasteiger partial charge in [-0.3, -0.25) is 0 Å². The molecule has 0 bridgehead atoms. The predicted octanol–water partition coefficient (Wildman–Crippen LogP) is 0.929. The summed E-state index contributed by atoms with van der Waals surface area (Å²) in [6, 6.07) is 1.49. The third kappa shape index (κ3) is 2.76. The monoisotopic (exact) mass is 332 g/mol. The smallest absolute Gasteiger partial charge is 0.258 e. The molecule has 1 atom stereocenters. The van der Waals surface area contributed by atoms with Crippen LogP contribution >= 0.6 is 12.4 Å². The second-order valence-electron chi connectivity index (χ2n) is 4.92. The van der Waals surface area contributed by atoms with Gasteiger partial charge in [0.1, 0.15) is 4.90 Å². The molecule has 1 fully saturated rings. The fourth-order valence-electron chi connectivity index (χ4n) is 2.38. The average molecular weight is 333 g/mol. The Bertz CT molecular complexity index is 746. The lowest BCUT2D eigenvalue weighted by Gasteiger charge is -2.15. The molecule has 116 valence electrons. The molecule has 0 aliphatic carbocycles. The first-order valence-corrected chi connectivity index (χ1v) is 7.96. The maximum absolute atomic E-state index is 12.5. The molecule has 0 spiro atoms. The highest BCUT2D eigenvalue weighted by atomic mass is 35.5. The fraction of sp³-hybridized carbons (Fsp3) is 0.500. The first-order chi connectivity index (χ1) is 9.52. The zero-order valence-corrected chi connectivity index (χ0v) is 13.2. The van der Waals surface area contributed by atoms with E-state index in [1.165, 1.54) is 10.5 Å². The molecule has 3 heterocycles. The minimum atomic E-state index is -3.54. The molecule has 1 saturated heterocycles. The van der Waals surface area contributed by atoms with Gasteiger partial charge < -0.3 is 10.3 Å². The number of rotatable bonds is 3. The van der Waals surface area contributed by atoms with Gasteiger partial charge in [-0.15, -0.1) is 12.4 Å². The molecule has 1 aliphatic rings. The second kappa shape index (κ2) is 5.88. The molecule has 0 unspecified atom stereocenters. The van der Waals surface area contributed by atoms with Gasteiger partial charge in [0, 0.05) is 19.1 Å². The van der Waals surface area contributed by atoms with Crippen LogP contribution in [-0.4, -0.2) is 42.0 Å². The number of nitrogens with two attached hydrogens (primary N) is 1. The summed E-state index contributed by atoms with van der Waals surface area (Å²) in [5, 5.41) is 4.53. The van der Waals surface area contributed by atoms with Crippen molar-refractivity contribution in [2.45, 2.75) is 30.7 Å². The third-order valence-corrected chi connectivity index (χ3v) is 5.37.